The van der Waals surface area contributed by atoms with Gasteiger partial charge in [0.15, 0.2) is 0 Å². The molecule has 0 saturated carbocycles. The first-order chi connectivity index (χ1) is 9.11. The van der Waals surface area contributed by atoms with E-state index in [2.05, 4.69) is 39.0 Å². The Morgan fingerprint density at radius 1 is 1.00 bits per heavy atom. The molecule has 0 aliphatic heterocycles. The fraction of sp³-hybridized carbons (Fsp3) is 0.235. The van der Waals surface area contributed by atoms with Crippen molar-refractivity contribution in [2.24, 2.45) is 0 Å². The molecule has 0 bridgehead atoms. The van der Waals surface area contributed by atoms with Gasteiger partial charge in [-0.25, -0.2) is 0 Å². The number of amidine groups is 1. The summed E-state index contributed by atoms with van der Waals surface area (Å²) in [6.45, 7) is 7.05. The van der Waals surface area contributed by atoms with Gasteiger partial charge < -0.3 is 4.90 Å². The number of hydrogen-bond acceptors (Lipinski definition) is 1. The van der Waals surface area contributed by atoms with Gasteiger partial charge in [0.2, 0.25) is 0 Å². The lowest BCUT2D eigenvalue weighted by Gasteiger charge is -2.24. The largest absolute Gasteiger partial charge is 0.327 e. The Hall–Kier alpha value is -2.09. The first-order valence-electron chi connectivity index (χ1n) is 6.61. The lowest BCUT2D eigenvalue weighted by atomic mass is 10.1. The van der Waals surface area contributed by atoms with Crippen molar-refractivity contribution in [3.8, 4) is 0 Å². The Morgan fingerprint density at radius 3 is 2.11 bits per heavy atom. The molecule has 2 nitrogen and oxygen atoms in total. The predicted molar refractivity (Wildman–Crippen MR) is 82.2 cm³/mol. The maximum atomic E-state index is 8.39. The van der Waals surface area contributed by atoms with Crippen molar-refractivity contribution >= 4 is 11.5 Å². The first kappa shape index (κ1) is 13.3. The highest BCUT2D eigenvalue weighted by atomic mass is 15.2. The van der Waals surface area contributed by atoms with Gasteiger partial charge in [0.25, 0.3) is 0 Å². The van der Waals surface area contributed by atoms with Gasteiger partial charge in [-0.05, 0) is 44.0 Å². The van der Waals surface area contributed by atoms with Gasteiger partial charge in [0.05, 0.1) is 0 Å². The standard InChI is InChI=1S/C17H20N2/c1-4-19(16-11-13(2)10-14(3)12-16)17(18)15-8-6-5-7-9-15/h5-12,18H,4H2,1-3H3. The maximum absolute atomic E-state index is 8.39. The van der Waals surface area contributed by atoms with Gasteiger partial charge in [-0.1, -0.05) is 36.4 Å². The van der Waals surface area contributed by atoms with E-state index in [4.69, 9.17) is 5.41 Å². The molecule has 0 aromatic heterocycles. The normalized spacial score (nSPS) is 10.3. The van der Waals surface area contributed by atoms with Gasteiger partial charge in [-0.3, -0.25) is 5.41 Å². The zero-order valence-electron chi connectivity index (χ0n) is 11.8. The van der Waals surface area contributed by atoms with E-state index in [0.29, 0.717) is 5.84 Å². The summed E-state index contributed by atoms with van der Waals surface area (Å²) in [4.78, 5) is 2.04. The SMILES string of the molecule is CCN(C(=N)c1ccccc1)c1cc(C)cc(C)c1. The summed E-state index contributed by atoms with van der Waals surface area (Å²) in [5.74, 6) is 0.549. The molecule has 0 fully saturated rings. The summed E-state index contributed by atoms with van der Waals surface area (Å²) < 4.78 is 0. The first-order valence-corrected chi connectivity index (χ1v) is 6.61. The average molecular weight is 252 g/mol. The zero-order valence-corrected chi connectivity index (χ0v) is 11.8. The molecule has 0 saturated heterocycles. The molecule has 2 aromatic carbocycles. The van der Waals surface area contributed by atoms with Gasteiger partial charge >= 0.3 is 0 Å². The molecule has 2 aromatic rings. The molecule has 0 heterocycles. The van der Waals surface area contributed by atoms with E-state index in [1.165, 1.54) is 11.1 Å². The molecule has 0 spiro atoms. The number of benzene rings is 2. The summed E-state index contributed by atoms with van der Waals surface area (Å²) in [6.07, 6.45) is 0. The van der Waals surface area contributed by atoms with Crippen LogP contribution < -0.4 is 4.90 Å². The second-order valence-electron chi connectivity index (χ2n) is 4.80. The van der Waals surface area contributed by atoms with Crippen molar-refractivity contribution in [2.45, 2.75) is 20.8 Å². The van der Waals surface area contributed by atoms with Crippen LogP contribution in [0.25, 0.3) is 0 Å². The monoisotopic (exact) mass is 252 g/mol. The Labute approximate surface area is 115 Å². The summed E-state index contributed by atoms with van der Waals surface area (Å²) in [5, 5.41) is 8.39. The molecule has 1 N–H and O–H groups in total. The van der Waals surface area contributed by atoms with Crippen molar-refractivity contribution < 1.29 is 0 Å². The summed E-state index contributed by atoms with van der Waals surface area (Å²) in [5.41, 5.74) is 4.50. The number of hydrogen-bond donors (Lipinski definition) is 1. The zero-order chi connectivity index (χ0) is 13.8. The van der Waals surface area contributed by atoms with Crippen LogP contribution in [-0.2, 0) is 0 Å². The number of aryl methyl sites for hydroxylation is 2. The number of rotatable bonds is 3. The summed E-state index contributed by atoms with van der Waals surface area (Å²) in [6, 6.07) is 16.3. The van der Waals surface area contributed by atoms with Crippen LogP contribution in [0.5, 0.6) is 0 Å². The minimum Gasteiger partial charge on any atom is -0.327 e. The Balaban J connectivity index is 2.37. The highest BCUT2D eigenvalue weighted by Crippen LogP contribution is 2.20. The lowest BCUT2D eigenvalue weighted by Crippen LogP contribution is -2.30. The fourth-order valence-corrected chi connectivity index (χ4v) is 2.33. The lowest BCUT2D eigenvalue weighted by molar-refractivity contribution is 1.04. The topological polar surface area (TPSA) is 27.1 Å². The molecule has 0 amide bonds. The molecule has 0 aliphatic rings. The van der Waals surface area contributed by atoms with Crippen LogP contribution in [0.1, 0.15) is 23.6 Å². The third kappa shape index (κ3) is 3.02. The van der Waals surface area contributed by atoms with Crippen LogP contribution in [0.2, 0.25) is 0 Å². The second kappa shape index (κ2) is 5.70. The minimum absolute atomic E-state index is 0.549. The predicted octanol–water partition coefficient (Wildman–Crippen LogP) is 4.16. The molecule has 0 atom stereocenters. The van der Waals surface area contributed by atoms with Crippen molar-refractivity contribution in [1.29, 1.82) is 5.41 Å². The highest BCUT2D eigenvalue weighted by molar-refractivity contribution is 6.07. The molecule has 19 heavy (non-hydrogen) atoms. The molecule has 0 aliphatic carbocycles. The number of nitrogens with one attached hydrogen (secondary N) is 1. The van der Waals surface area contributed by atoms with Crippen molar-refractivity contribution in [1.82, 2.24) is 0 Å². The van der Waals surface area contributed by atoms with Crippen LogP contribution in [-0.4, -0.2) is 12.4 Å². The van der Waals surface area contributed by atoms with Crippen LogP contribution in [0.4, 0.5) is 5.69 Å². The Bertz CT molecular complexity index is 553. The summed E-state index contributed by atoms with van der Waals surface area (Å²) >= 11 is 0. The average Bonchev–Trinajstić information content (AvgIpc) is 2.39. The van der Waals surface area contributed by atoms with Gasteiger partial charge in [0, 0.05) is 17.8 Å². The van der Waals surface area contributed by atoms with Crippen molar-refractivity contribution in [2.75, 3.05) is 11.4 Å². The molecule has 98 valence electrons. The third-order valence-corrected chi connectivity index (χ3v) is 3.15. The Kier molecular flexibility index (Phi) is 4.00. The Morgan fingerprint density at radius 2 is 1.58 bits per heavy atom. The molecule has 2 rings (SSSR count). The smallest absolute Gasteiger partial charge is 0.132 e. The van der Waals surface area contributed by atoms with E-state index in [1.54, 1.807) is 0 Å². The number of nitrogens with zero attached hydrogens (tertiary/aromatic N) is 1. The summed E-state index contributed by atoms with van der Waals surface area (Å²) in [7, 11) is 0. The molecular formula is C17H20N2. The van der Waals surface area contributed by atoms with Crippen LogP contribution in [0.15, 0.2) is 48.5 Å². The molecule has 2 heteroatoms. The fourth-order valence-electron chi connectivity index (χ4n) is 2.33. The van der Waals surface area contributed by atoms with E-state index in [1.807, 2.05) is 35.2 Å². The van der Waals surface area contributed by atoms with E-state index in [-0.39, 0.29) is 0 Å². The van der Waals surface area contributed by atoms with Crippen LogP contribution >= 0.6 is 0 Å². The van der Waals surface area contributed by atoms with Crippen molar-refractivity contribution in [3.63, 3.8) is 0 Å². The van der Waals surface area contributed by atoms with E-state index in [0.717, 1.165) is 17.8 Å². The van der Waals surface area contributed by atoms with Gasteiger partial charge in [-0.15, -0.1) is 0 Å². The van der Waals surface area contributed by atoms with E-state index in [9.17, 15) is 0 Å². The van der Waals surface area contributed by atoms with E-state index >= 15 is 0 Å². The minimum atomic E-state index is 0.549. The molecule has 0 radical (unpaired) electrons. The molecular weight excluding hydrogens is 232 g/mol. The number of anilines is 1. The quantitative estimate of drug-likeness (QED) is 0.644. The van der Waals surface area contributed by atoms with Crippen LogP contribution in [0, 0.1) is 19.3 Å². The highest BCUT2D eigenvalue weighted by Gasteiger charge is 2.12. The van der Waals surface area contributed by atoms with Gasteiger partial charge in [-0.2, -0.15) is 0 Å². The third-order valence-electron chi connectivity index (χ3n) is 3.15. The van der Waals surface area contributed by atoms with Crippen LogP contribution in [0.3, 0.4) is 0 Å². The van der Waals surface area contributed by atoms with Crippen molar-refractivity contribution in [3.05, 3.63) is 65.2 Å². The van der Waals surface area contributed by atoms with Gasteiger partial charge in [0.1, 0.15) is 5.84 Å². The van der Waals surface area contributed by atoms with E-state index < -0.39 is 0 Å². The molecule has 0 unspecified atom stereocenters. The maximum Gasteiger partial charge on any atom is 0.132 e. The second-order valence-corrected chi connectivity index (χ2v) is 4.80.